The lowest BCUT2D eigenvalue weighted by Gasteiger charge is -2.35. The largest absolute Gasteiger partial charge is 0.502 e. The van der Waals surface area contributed by atoms with Crippen molar-refractivity contribution in [3.8, 4) is 17.1 Å². The van der Waals surface area contributed by atoms with Crippen LogP contribution < -0.4 is 9.64 Å². The predicted molar refractivity (Wildman–Crippen MR) is 132 cm³/mol. The highest BCUT2D eigenvalue weighted by Gasteiger charge is 2.50. The Morgan fingerprint density at radius 1 is 1.03 bits per heavy atom. The molecule has 1 aliphatic carbocycles. The summed E-state index contributed by atoms with van der Waals surface area (Å²) >= 11 is 0. The summed E-state index contributed by atoms with van der Waals surface area (Å²) in [5.41, 5.74) is 1.19. The molecule has 3 aromatic rings. The normalized spacial score (nSPS) is 19.2. The molecular weight excluding hydrogens is 482 g/mol. The fraction of sp³-hybridized carbons (Fsp3) is 0.346. The minimum absolute atomic E-state index is 0.00290. The fourth-order valence-corrected chi connectivity index (χ4v) is 6.82. The molecule has 1 unspecified atom stereocenters. The lowest BCUT2D eigenvalue weighted by Crippen LogP contribution is -2.42. The molecule has 0 spiro atoms. The number of amides is 1. The zero-order valence-corrected chi connectivity index (χ0v) is 20.9. The van der Waals surface area contributed by atoms with E-state index in [-0.39, 0.29) is 15.7 Å². The Morgan fingerprint density at radius 3 is 2.28 bits per heavy atom. The van der Waals surface area contributed by atoms with Gasteiger partial charge in [0.15, 0.2) is 5.76 Å². The molecule has 2 aromatic carbocycles. The third-order valence-corrected chi connectivity index (χ3v) is 8.80. The van der Waals surface area contributed by atoms with Crippen LogP contribution in [0.2, 0.25) is 0 Å². The number of hydrogen-bond donors (Lipinski definition) is 1. The summed E-state index contributed by atoms with van der Waals surface area (Å²) in [5.74, 6) is -0.185. The van der Waals surface area contributed by atoms with Crippen molar-refractivity contribution in [2.45, 2.75) is 50.0 Å². The van der Waals surface area contributed by atoms with Crippen LogP contribution in [0.3, 0.4) is 0 Å². The molecule has 5 rings (SSSR count). The molecule has 1 atom stereocenters. The lowest BCUT2D eigenvalue weighted by atomic mass is 9.83. The highest BCUT2D eigenvalue weighted by molar-refractivity contribution is 7.95. The molecule has 9 nitrogen and oxygen atoms in total. The number of ether oxygens (including phenoxy) is 1. The molecule has 10 heteroatoms. The molecule has 36 heavy (non-hydrogen) atoms. The summed E-state index contributed by atoms with van der Waals surface area (Å²) in [6.07, 6.45) is 4.48. The maximum Gasteiger partial charge on any atom is 0.294 e. The van der Waals surface area contributed by atoms with Crippen molar-refractivity contribution in [1.29, 1.82) is 0 Å². The predicted octanol–water partition coefficient (Wildman–Crippen LogP) is 4.59. The topological polar surface area (TPSA) is 123 Å². The third kappa shape index (κ3) is 4.15. The van der Waals surface area contributed by atoms with Crippen LogP contribution in [0, 0.1) is 12.8 Å². The Bertz CT molecular complexity index is 1400. The van der Waals surface area contributed by atoms with E-state index in [0.29, 0.717) is 28.7 Å². The number of nitrogens with zero attached hydrogens (tertiary/aromatic N) is 3. The van der Waals surface area contributed by atoms with Gasteiger partial charge in [-0.1, -0.05) is 24.4 Å². The third-order valence-electron chi connectivity index (χ3n) is 6.89. The van der Waals surface area contributed by atoms with Crippen molar-refractivity contribution in [3.63, 3.8) is 0 Å². The highest BCUT2D eigenvalue weighted by Crippen LogP contribution is 2.43. The van der Waals surface area contributed by atoms with Crippen molar-refractivity contribution in [2.24, 2.45) is 5.92 Å². The minimum Gasteiger partial charge on any atom is -0.502 e. The van der Waals surface area contributed by atoms with Gasteiger partial charge in [0.05, 0.1) is 18.0 Å². The van der Waals surface area contributed by atoms with Gasteiger partial charge in [0, 0.05) is 18.2 Å². The second kappa shape index (κ2) is 9.42. The zero-order chi connectivity index (χ0) is 25.4. The quantitative estimate of drug-likeness (QED) is 0.512. The van der Waals surface area contributed by atoms with Gasteiger partial charge in [-0.25, -0.2) is 8.42 Å². The first-order valence-corrected chi connectivity index (χ1v) is 13.4. The van der Waals surface area contributed by atoms with Crippen molar-refractivity contribution >= 4 is 21.4 Å². The molecule has 1 N–H and O–H groups in total. The Hall–Kier alpha value is -3.66. The SMILES string of the molecule is COc1ccc(S(=O)(=O)C2=C(O)C(=O)N(c3ccc(-c4noc(C)n4)cc3)C2C2CCCCC2)cc1. The molecule has 2 aliphatic rings. The van der Waals surface area contributed by atoms with Crippen LogP contribution >= 0.6 is 0 Å². The van der Waals surface area contributed by atoms with Crippen LogP contribution in [0.4, 0.5) is 5.69 Å². The van der Waals surface area contributed by atoms with Gasteiger partial charge in [-0.3, -0.25) is 9.69 Å². The molecule has 1 aromatic heterocycles. The van der Waals surface area contributed by atoms with Crippen LogP contribution in [-0.4, -0.2) is 42.7 Å². The van der Waals surface area contributed by atoms with E-state index >= 15 is 0 Å². The molecule has 2 heterocycles. The lowest BCUT2D eigenvalue weighted by molar-refractivity contribution is -0.117. The van der Waals surface area contributed by atoms with Crippen LogP contribution in [0.15, 0.2) is 68.6 Å². The number of aryl methyl sites for hydroxylation is 1. The summed E-state index contributed by atoms with van der Waals surface area (Å²) < 4.78 is 37.8. The van der Waals surface area contributed by atoms with E-state index in [1.807, 2.05) is 0 Å². The van der Waals surface area contributed by atoms with Crippen molar-refractivity contribution in [1.82, 2.24) is 10.1 Å². The first-order valence-electron chi connectivity index (χ1n) is 11.9. The van der Waals surface area contributed by atoms with E-state index in [1.165, 1.54) is 24.1 Å². The van der Waals surface area contributed by atoms with Crippen LogP contribution in [0.25, 0.3) is 11.4 Å². The van der Waals surface area contributed by atoms with Crippen molar-refractivity contribution in [3.05, 3.63) is 65.1 Å². The molecule has 0 radical (unpaired) electrons. The Morgan fingerprint density at radius 2 is 1.69 bits per heavy atom. The van der Waals surface area contributed by atoms with Gasteiger partial charge in [0.25, 0.3) is 5.91 Å². The highest BCUT2D eigenvalue weighted by atomic mass is 32.2. The number of sulfone groups is 1. The van der Waals surface area contributed by atoms with Crippen molar-refractivity contribution in [2.75, 3.05) is 12.0 Å². The monoisotopic (exact) mass is 509 g/mol. The molecule has 1 fully saturated rings. The van der Waals surface area contributed by atoms with E-state index in [0.717, 1.165) is 32.1 Å². The van der Waals surface area contributed by atoms with E-state index < -0.39 is 27.5 Å². The average Bonchev–Trinajstić information content (AvgIpc) is 3.45. The number of aliphatic hydroxyl groups excluding tert-OH is 1. The Kier molecular flexibility index (Phi) is 6.29. The fourth-order valence-electron chi connectivity index (χ4n) is 5.11. The number of aromatic nitrogens is 2. The number of hydrogen-bond acceptors (Lipinski definition) is 8. The maximum atomic E-state index is 13.8. The smallest absolute Gasteiger partial charge is 0.294 e. The van der Waals surface area contributed by atoms with E-state index in [9.17, 15) is 18.3 Å². The standard InChI is InChI=1S/C26H27N3O6S/c1-16-27-25(28-35-16)18-8-10-19(11-9-18)29-22(17-6-4-3-5-7-17)24(23(30)26(29)31)36(32,33)21-14-12-20(34-2)13-15-21/h8-15,17,22,30H,3-7H2,1-2H3. The molecule has 0 bridgehead atoms. The van der Waals surface area contributed by atoms with E-state index in [4.69, 9.17) is 9.26 Å². The van der Waals surface area contributed by atoms with Crippen LogP contribution in [-0.2, 0) is 14.6 Å². The second-order valence-electron chi connectivity index (χ2n) is 9.09. The summed E-state index contributed by atoms with van der Waals surface area (Å²) in [5, 5.41) is 14.9. The van der Waals surface area contributed by atoms with Gasteiger partial charge >= 0.3 is 0 Å². The number of carbonyl (C=O) groups is 1. The molecule has 188 valence electrons. The Labute approximate surface area is 209 Å². The zero-order valence-electron chi connectivity index (χ0n) is 20.0. The summed E-state index contributed by atoms with van der Waals surface area (Å²) in [7, 11) is -2.66. The van der Waals surface area contributed by atoms with Gasteiger partial charge in [-0.15, -0.1) is 0 Å². The average molecular weight is 510 g/mol. The minimum atomic E-state index is -4.15. The van der Waals surface area contributed by atoms with Gasteiger partial charge < -0.3 is 14.4 Å². The number of anilines is 1. The van der Waals surface area contributed by atoms with E-state index in [1.54, 1.807) is 43.3 Å². The summed E-state index contributed by atoms with van der Waals surface area (Å²) in [6.45, 7) is 1.70. The number of methoxy groups -OCH3 is 1. The molecule has 1 saturated carbocycles. The van der Waals surface area contributed by atoms with E-state index in [2.05, 4.69) is 10.1 Å². The number of aliphatic hydroxyl groups is 1. The molecule has 1 aliphatic heterocycles. The summed E-state index contributed by atoms with van der Waals surface area (Å²) in [4.78, 5) is 18.8. The molecule has 1 amide bonds. The van der Waals surface area contributed by atoms with Gasteiger partial charge in [-0.05, 0) is 67.3 Å². The number of benzene rings is 2. The Balaban J connectivity index is 1.57. The van der Waals surface area contributed by atoms with Crippen molar-refractivity contribution < 1.29 is 27.6 Å². The van der Waals surface area contributed by atoms with Gasteiger partial charge in [-0.2, -0.15) is 4.98 Å². The number of carbonyl (C=O) groups excluding carboxylic acids is 1. The van der Waals surface area contributed by atoms with Crippen LogP contribution in [0.1, 0.15) is 38.0 Å². The number of rotatable bonds is 6. The summed E-state index contributed by atoms with van der Waals surface area (Å²) in [6, 6.07) is 12.1. The molecule has 0 saturated heterocycles. The maximum absolute atomic E-state index is 13.8. The van der Waals surface area contributed by atoms with Crippen LogP contribution in [0.5, 0.6) is 5.75 Å². The van der Waals surface area contributed by atoms with Gasteiger partial charge in [0.2, 0.25) is 21.6 Å². The molecular formula is C26H27N3O6S. The van der Waals surface area contributed by atoms with Gasteiger partial charge in [0.1, 0.15) is 10.7 Å². The first-order chi connectivity index (χ1) is 17.3. The first kappa shape index (κ1) is 24.1. The second-order valence-corrected chi connectivity index (χ2v) is 11.0.